The maximum absolute atomic E-state index is 12.0. The van der Waals surface area contributed by atoms with Gasteiger partial charge in [0.15, 0.2) is 0 Å². The molecule has 2 aromatic rings. The maximum atomic E-state index is 12.0. The Bertz CT molecular complexity index is 580. The zero-order valence-electron chi connectivity index (χ0n) is 12.3. The van der Waals surface area contributed by atoms with Gasteiger partial charge in [-0.2, -0.15) is 0 Å². The number of carbonyl (C=O) groups excluding carboxylic acids is 1. The van der Waals surface area contributed by atoms with Gasteiger partial charge in [0.05, 0.1) is 18.3 Å². The molecule has 1 aromatic carbocycles. The monoisotopic (exact) mass is 287 g/mol. The predicted octanol–water partition coefficient (Wildman–Crippen LogP) is 1.69. The number of nitrogens with one attached hydrogen (secondary N) is 2. The molecule has 0 fully saturated rings. The highest BCUT2D eigenvalue weighted by molar-refractivity contribution is 5.92. The molecule has 21 heavy (non-hydrogen) atoms. The van der Waals surface area contributed by atoms with E-state index in [0.29, 0.717) is 12.1 Å². The lowest BCUT2D eigenvalue weighted by molar-refractivity contribution is 0.0847. The lowest BCUT2D eigenvalue weighted by Crippen LogP contribution is -2.42. The molecule has 0 aliphatic rings. The van der Waals surface area contributed by atoms with Crippen LogP contribution in [-0.2, 0) is 12.8 Å². The van der Waals surface area contributed by atoms with Crippen molar-refractivity contribution >= 4 is 5.91 Å². The summed E-state index contributed by atoms with van der Waals surface area (Å²) in [7, 11) is 0. The number of amides is 1. The van der Waals surface area contributed by atoms with Gasteiger partial charge < -0.3 is 15.4 Å². The molecule has 0 bridgehead atoms. The first-order valence-corrected chi connectivity index (χ1v) is 7.17. The van der Waals surface area contributed by atoms with Gasteiger partial charge in [0.25, 0.3) is 5.91 Å². The molecule has 112 valence electrons. The van der Waals surface area contributed by atoms with Gasteiger partial charge in [-0.3, -0.25) is 4.79 Å². The van der Waals surface area contributed by atoms with E-state index in [2.05, 4.69) is 15.3 Å². The first-order chi connectivity index (χ1) is 10.1. The minimum atomic E-state index is -0.634. The van der Waals surface area contributed by atoms with Crippen molar-refractivity contribution in [3.05, 3.63) is 53.6 Å². The Morgan fingerprint density at radius 3 is 2.71 bits per heavy atom. The lowest BCUT2D eigenvalue weighted by Gasteiger charge is -2.20. The molecular weight excluding hydrogens is 266 g/mol. The van der Waals surface area contributed by atoms with Crippen LogP contribution in [-0.4, -0.2) is 33.1 Å². The van der Waals surface area contributed by atoms with E-state index >= 15 is 0 Å². The number of benzene rings is 1. The summed E-state index contributed by atoms with van der Waals surface area (Å²) in [6.45, 7) is 3.76. The second kappa shape index (κ2) is 7.04. The van der Waals surface area contributed by atoms with Gasteiger partial charge in [0, 0.05) is 12.8 Å². The average Bonchev–Trinajstić information content (AvgIpc) is 2.97. The number of carbonyl (C=O) groups is 1. The van der Waals surface area contributed by atoms with E-state index in [4.69, 9.17) is 0 Å². The van der Waals surface area contributed by atoms with Crippen LogP contribution >= 0.6 is 0 Å². The summed E-state index contributed by atoms with van der Waals surface area (Å²) in [6, 6.07) is 9.38. The number of aromatic amines is 1. The fourth-order valence-corrected chi connectivity index (χ4v) is 2.07. The molecule has 0 radical (unpaired) electrons. The van der Waals surface area contributed by atoms with Crippen molar-refractivity contribution in [1.82, 2.24) is 15.3 Å². The summed E-state index contributed by atoms with van der Waals surface area (Å²) in [5.74, 6) is 0.527. The standard InChI is InChI=1S/C16H21N3O2/c1-3-15-17-10-13(19-15)16(21)18-11(2)14(20)9-12-7-5-4-6-8-12/h4-8,10-11,14,20H,3,9H2,1-2H3,(H,17,19)(H,18,21). The molecular formula is C16H21N3O2. The molecule has 1 heterocycles. The molecule has 3 N–H and O–H groups in total. The van der Waals surface area contributed by atoms with E-state index in [0.717, 1.165) is 17.8 Å². The fourth-order valence-electron chi connectivity index (χ4n) is 2.07. The van der Waals surface area contributed by atoms with E-state index in [1.54, 1.807) is 6.92 Å². The van der Waals surface area contributed by atoms with E-state index in [1.807, 2.05) is 37.3 Å². The second-order valence-corrected chi connectivity index (χ2v) is 5.12. The van der Waals surface area contributed by atoms with Crippen LogP contribution < -0.4 is 5.32 Å². The predicted molar refractivity (Wildman–Crippen MR) is 81.0 cm³/mol. The molecule has 1 aromatic heterocycles. The van der Waals surface area contributed by atoms with Gasteiger partial charge in [-0.1, -0.05) is 37.3 Å². The number of aliphatic hydroxyl groups is 1. The van der Waals surface area contributed by atoms with Crippen molar-refractivity contribution in [1.29, 1.82) is 0 Å². The normalized spacial score (nSPS) is 13.7. The number of nitrogens with zero attached hydrogens (tertiary/aromatic N) is 1. The summed E-state index contributed by atoms with van der Waals surface area (Å²) in [6.07, 6.45) is 2.14. The van der Waals surface area contributed by atoms with Crippen LogP contribution in [0.1, 0.15) is 35.7 Å². The highest BCUT2D eigenvalue weighted by Gasteiger charge is 2.18. The second-order valence-electron chi connectivity index (χ2n) is 5.12. The number of aryl methyl sites for hydroxylation is 1. The van der Waals surface area contributed by atoms with E-state index < -0.39 is 6.10 Å². The Morgan fingerprint density at radius 2 is 2.10 bits per heavy atom. The number of imidazole rings is 1. The largest absolute Gasteiger partial charge is 0.391 e. The Kier molecular flexibility index (Phi) is 5.11. The van der Waals surface area contributed by atoms with Crippen molar-refractivity contribution in [2.24, 2.45) is 0 Å². The number of hydrogen-bond donors (Lipinski definition) is 3. The molecule has 0 aliphatic carbocycles. The number of H-pyrrole nitrogens is 1. The Labute approximate surface area is 124 Å². The molecule has 5 heteroatoms. The van der Waals surface area contributed by atoms with Crippen molar-refractivity contribution in [3.8, 4) is 0 Å². The van der Waals surface area contributed by atoms with Crippen LogP contribution in [0.5, 0.6) is 0 Å². The van der Waals surface area contributed by atoms with Gasteiger partial charge in [-0.15, -0.1) is 0 Å². The molecule has 1 amide bonds. The summed E-state index contributed by atoms with van der Waals surface area (Å²) in [5.41, 5.74) is 1.46. The average molecular weight is 287 g/mol. The van der Waals surface area contributed by atoms with Crippen LogP contribution in [0.3, 0.4) is 0 Å². The first kappa shape index (κ1) is 15.3. The Balaban J connectivity index is 1.91. The third kappa shape index (κ3) is 4.16. The number of aliphatic hydroxyl groups excluding tert-OH is 1. The van der Waals surface area contributed by atoms with Gasteiger partial charge >= 0.3 is 0 Å². The Hall–Kier alpha value is -2.14. The first-order valence-electron chi connectivity index (χ1n) is 7.17. The van der Waals surface area contributed by atoms with Crippen LogP contribution in [0.2, 0.25) is 0 Å². The summed E-state index contributed by atoms with van der Waals surface area (Å²) >= 11 is 0. The SMILES string of the molecule is CCc1ncc(C(=O)NC(C)C(O)Cc2ccccc2)[nH]1. The summed E-state index contributed by atoms with van der Waals surface area (Å²) < 4.78 is 0. The third-order valence-electron chi connectivity index (χ3n) is 3.43. The topological polar surface area (TPSA) is 78.0 Å². The van der Waals surface area contributed by atoms with E-state index in [9.17, 15) is 9.90 Å². The lowest BCUT2D eigenvalue weighted by atomic mass is 10.0. The summed E-state index contributed by atoms with van der Waals surface area (Å²) in [4.78, 5) is 19.1. The van der Waals surface area contributed by atoms with Crippen LogP contribution in [0.4, 0.5) is 0 Å². The molecule has 2 unspecified atom stereocenters. The minimum Gasteiger partial charge on any atom is -0.391 e. The number of rotatable bonds is 6. The molecule has 0 spiro atoms. The van der Waals surface area contributed by atoms with Crippen molar-refractivity contribution < 1.29 is 9.90 Å². The Morgan fingerprint density at radius 1 is 1.38 bits per heavy atom. The van der Waals surface area contributed by atoms with E-state index in [-0.39, 0.29) is 11.9 Å². The molecule has 2 rings (SSSR count). The van der Waals surface area contributed by atoms with Crippen molar-refractivity contribution in [2.45, 2.75) is 38.8 Å². The quantitative estimate of drug-likeness (QED) is 0.756. The molecule has 0 aliphatic heterocycles. The molecule has 0 saturated heterocycles. The van der Waals surface area contributed by atoms with Crippen molar-refractivity contribution in [2.75, 3.05) is 0 Å². The zero-order chi connectivity index (χ0) is 15.2. The van der Waals surface area contributed by atoms with Crippen LogP contribution in [0, 0.1) is 0 Å². The van der Waals surface area contributed by atoms with Gasteiger partial charge in [0.1, 0.15) is 11.5 Å². The third-order valence-corrected chi connectivity index (χ3v) is 3.43. The molecule has 2 atom stereocenters. The van der Waals surface area contributed by atoms with Crippen LogP contribution in [0.25, 0.3) is 0 Å². The van der Waals surface area contributed by atoms with Crippen LogP contribution in [0.15, 0.2) is 36.5 Å². The smallest absolute Gasteiger partial charge is 0.269 e. The summed E-state index contributed by atoms with van der Waals surface area (Å²) in [5, 5.41) is 13.0. The minimum absolute atomic E-state index is 0.248. The maximum Gasteiger partial charge on any atom is 0.269 e. The zero-order valence-corrected chi connectivity index (χ0v) is 12.3. The highest BCUT2D eigenvalue weighted by atomic mass is 16.3. The number of aromatic nitrogens is 2. The molecule has 0 saturated carbocycles. The van der Waals surface area contributed by atoms with Gasteiger partial charge in [-0.25, -0.2) is 4.98 Å². The van der Waals surface area contributed by atoms with Crippen molar-refractivity contribution in [3.63, 3.8) is 0 Å². The van der Waals surface area contributed by atoms with Gasteiger partial charge in [-0.05, 0) is 12.5 Å². The fraction of sp³-hybridized carbons (Fsp3) is 0.375. The van der Waals surface area contributed by atoms with Gasteiger partial charge in [0.2, 0.25) is 0 Å². The number of hydrogen-bond acceptors (Lipinski definition) is 3. The highest BCUT2D eigenvalue weighted by Crippen LogP contribution is 2.07. The van der Waals surface area contributed by atoms with E-state index in [1.165, 1.54) is 6.20 Å². The molecule has 5 nitrogen and oxygen atoms in total.